The van der Waals surface area contributed by atoms with Crippen LogP contribution in [0.15, 0.2) is 21.4 Å². The van der Waals surface area contributed by atoms with E-state index in [0.29, 0.717) is 67.9 Å². The average molecular weight is 636 g/mol. The smallest absolute Gasteiger partial charge is 0.216 e. The van der Waals surface area contributed by atoms with E-state index in [1.165, 1.54) is 0 Å². The van der Waals surface area contributed by atoms with Crippen LogP contribution in [0.1, 0.15) is 56.9 Å². The molecule has 0 saturated carbocycles. The van der Waals surface area contributed by atoms with Gasteiger partial charge in [-0.05, 0) is 56.1 Å². The highest BCUT2D eigenvalue weighted by Crippen LogP contribution is 2.35. The molecule has 13 heteroatoms. The maximum atomic E-state index is 13.0. The fraction of sp³-hybridized carbons (Fsp3) is 0.760. The second-order valence-corrected chi connectivity index (χ2v) is 20.2. The van der Waals surface area contributed by atoms with E-state index in [1.807, 2.05) is 44.5 Å². The minimum atomic E-state index is -1.32. The van der Waals surface area contributed by atoms with Gasteiger partial charge in [0.05, 0.1) is 19.8 Å². The summed E-state index contributed by atoms with van der Waals surface area (Å²) in [5.74, 6) is 0.516. The molecule has 0 aliphatic carbocycles. The average Bonchev–Trinajstić information content (AvgIpc) is 3.55. The summed E-state index contributed by atoms with van der Waals surface area (Å²) in [7, 11) is -1.19. The van der Waals surface area contributed by atoms with Gasteiger partial charge in [0.25, 0.3) is 0 Å². The van der Waals surface area contributed by atoms with Gasteiger partial charge in [0.15, 0.2) is 0 Å². The third-order valence-electron chi connectivity index (χ3n) is 5.97. The number of nitrogens with one attached hydrogen (secondary N) is 1. The molecule has 10 nitrogen and oxygen atoms in total. The van der Waals surface area contributed by atoms with Gasteiger partial charge in [-0.2, -0.15) is 0 Å². The molecule has 2 atom stereocenters. The topological polar surface area (TPSA) is 116 Å². The predicted octanol–water partition coefficient (Wildman–Crippen LogP) is 5.04. The normalized spacial score (nSPS) is 17.7. The molecule has 1 N–H and O–H groups in total. The molecule has 0 aromatic carbocycles. The van der Waals surface area contributed by atoms with Crippen molar-refractivity contribution in [3.05, 3.63) is 34.1 Å². The monoisotopic (exact) mass is 634 g/mol. The zero-order valence-corrected chi connectivity index (χ0v) is 27.1. The van der Waals surface area contributed by atoms with E-state index in [0.717, 1.165) is 6.04 Å². The van der Waals surface area contributed by atoms with Crippen molar-refractivity contribution in [1.29, 1.82) is 0 Å². The van der Waals surface area contributed by atoms with Gasteiger partial charge in [0, 0.05) is 51.3 Å². The molecule has 1 aliphatic rings. The molecule has 1 saturated heterocycles. The summed E-state index contributed by atoms with van der Waals surface area (Å²) in [6, 6.07) is 2.53. The Kier molecular flexibility index (Phi) is 11.5. The molecule has 2 aromatic heterocycles. The Bertz CT molecular complexity index is 1000. The van der Waals surface area contributed by atoms with Gasteiger partial charge < -0.3 is 32.6 Å². The van der Waals surface area contributed by atoms with Gasteiger partial charge in [-0.3, -0.25) is 0 Å². The Morgan fingerprint density at radius 1 is 1.24 bits per heavy atom. The molecule has 38 heavy (non-hydrogen) atoms. The van der Waals surface area contributed by atoms with Gasteiger partial charge in [0.2, 0.25) is 5.79 Å². The summed E-state index contributed by atoms with van der Waals surface area (Å²) in [6.45, 7) is 17.5. The summed E-state index contributed by atoms with van der Waals surface area (Å²) in [6.07, 6.45) is 3.14. The first kappa shape index (κ1) is 31.8. The summed E-state index contributed by atoms with van der Waals surface area (Å²) in [5, 5.41) is 4.11. The van der Waals surface area contributed by atoms with Gasteiger partial charge >= 0.3 is 0 Å². The highest BCUT2D eigenvalue weighted by Gasteiger charge is 2.41. The minimum Gasteiger partial charge on any atom is -0.598 e. The second-order valence-electron chi connectivity index (χ2n) is 11.7. The zero-order valence-electron chi connectivity index (χ0n) is 23.7. The Morgan fingerprint density at radius 2 is 1.95 bits per heavy atom. The number of hydrogen-bond donors (Lipinski definition) is 1. The summed E-state index contributed by atoms with van der Waals surface area (Å²) in [4.78, 5) is 4.66. The van der Waals surface area contributed by atoms with Crippen molar-refractivity contribution < 1.29 is 28.0 Å². The number of halogens is 1. The van der Waals surface area contributed by atoms with Gasteiger partial charge in [-0.1, -0.05) is 24.8 Å². The van der Waals surface area contributed by atoms with Gasteiger partial charge in [0.1, 0.15) is 39.4 Å². The number of rotatable bonds is 15. The lowest BCUT2D eigenvalue weighted by Crippen LogP contribution is -2.43. The molecular formula is C25H43BrN4O6SSi. The van der Waals surface area contributed by atoms with Crippen molar-refractivity contribution in [1.82, 2.24) is 19.4 Å². The van der Waals surface area contributed by atoms with Crippen LogP contribution in [0.2, 0.25) is 25.7 Å². The molecule has 1 fully saturated rings. The van der Waals surface area contributed by atoms with Gasteiger partial charge in [-0.15, -0.1) is 4.72 Å². The maximum Gasteiger partial charge on any atom is 0.216 e. The molecule has 0 bridgehead atoms. The molecule has 0 amide bonds. The highest BCUT2D eigenvalue weighted by molar-refractivity contribution is 9.10. The van der Waals surface area contributed by atoms with Crippen molar-refractivity contribution in [2.45, 2.75) is 89.5 Å². The highest BCUT2D eigenvalue weighted by atomic mass is 79.9. The summed E-state index contributed by atoms with van der Waals surface area (Å²) < 4.78 is 47.6. The van der Waals surface area contributed by atoms with Crippen LogP contribution in [0.3, 0.4) is 0 Å². The fourth-order valence-electron chi connectivity index (χ4n) is 3.82. The first-order valence-corrected chi connectivity index (χ1v) is 18.7. The first-order valence-electron chi connectivity index (χ1n) is 13.1. The molecule has 2 aromatic rings. The van der Waals surface area contributed by atoms with Crippen LogP contribution in [0.25, 0.3) is 0 Å². The Balaban J connectivity index is 1.62. The molecule has 2 unspecified atom stereocenters. The molecule has 3 rings (SSSR count). The maximum absolute atomic E-state index is 13.0. The summed E-state index contributed by atoms with van der Waals surface area (Å²) in [5.41, 5.74) is 0.647. The minimum absolute atomic E-state index is 0.290. The van der Waals surface area contributed by atoms with E-state index in [4.69, 9.17) is 23.5 Å². The molecule has 216 valence electrons. The number of aryl methyl sites for hydroxylation is 1. The van der Waals surface area contributed by atoms with E-state index in [2.05, 4.69) is 50.4 Å². The second kappa shape index (κ2) is 13.7. The Morgan fingerprint density at radius 3 is 2.55 bits per heavy atom. The molecule has 0 radical (unpaired) electrons. The first-order chi connectivity index (χ1) is 17.8. The third kappa shape index (κ3) is 9.41. The molecular weight excluding hydrogens is 592 g/mol. The number of imidazole rings is 1. The van der Waals surface area contributed by atoms with E-state index in [-0.39, 0.29) is 6.61 Å². The van der Waals surface area contributed by atoms with Crippen molar-refractivity contribution in [3.8, 4) is 0 Å². The van der Waals surface area contributed by atoms with Crippen LogP contribution in [0.4, 0.5) is 0 Å². The van der Waals surface area contributed by atoms with Crippen molar-refractivity contribution in [2.24, 2.45) is 0 Å². The quantitative estimate of drug-likeness (QED) is 0.163. The van der Waals surface area contributed by atoms with E-state index >= 15 is 0 Å². The number of aromatic nitrogens is 3. The zero-order chi connectivity index (χ0) is 28.0. The van der Waals surface area contributed by atoms with E-state index in [9.17, 15) is 4.55 Å². The van der Waals surface area contributed by atoms with Gasteiger partial charge in [-0.25, -0.2) is 4.98 Å². The fourth-order valence-corrected chi connectivity index (χ4v) is 5.79. The molecule has 1 aliphatic heterocycles. The van der Waals surface area contributed by atoms with Crippen LogP contribution >= 0.6 is 15.9 Å². The van der Waals surface area contributed by atoms with Crippen molar-refractivity contribution >= 4 is 35.4 Å². The van der Waals surface area contributed by atoms with Crippen LogP contribution < -0.4 is 4.72 Å². The summed E-state index contributed by atoms with van der Waals surface area (Å²) >= 11 is 2.17. The lowest BCUT2D eigenvalue weighted by molar-refractivity contribution is -0.177. The standard InChI is InChI=1S/C25H43BrN4O6SSi/c1-19-15-21(28-36-19)25(34-11-12-35-25)9-8-10-32-17-20(29-37(31)24(2,3)4)23-27-22(26)16-30(23)18-33-13-14-38(5,6)7/h15-16,20,29H,8-14,17-18H2,1-7H3. The van der Waals surface area contributed by atoms with E-state index in [1.54, 1.807) is 0 Å². The molecule has 3 heterocycles. The molecule has 0 spiro atoms. The van der Waals surface area contributed by atoms with Crippen LogP contribution in [0, 0.1) is 6.92 Å². The van der Waals surface area contributed by atoms with Crippen LogP contribution in [-0.4, -0.2) is 65.1 Å². The van der Waals surface area contributed by atoms with E-state index < -0.39 is 36.0 Å². The predicted molar refractivity (Wildman–Crippen MR) is 153 cm³/mol. The van der Waals surface area contributed by atoms with Crippen LogP contribution in [0.5, 0.6) is 0 Å². The van der Waals surface area contributed by atoms with Crippen molar-refractivity contribution in [2.75, 3.05) is 33.0 Å². The largest absolute Gasteiger partial charge is 0.598 e. The Hall–Kier alpha value is -0.773. The number of ether oxygens (including phenoxy) is 4. The van der Waals surface area contributed by atoms with Crippen molar-refractivity contribution in [3.63, 3.8) is 0 Å². The van der Waals surface area contributed by atoms with Crippen LogP contribution in [-0.2, 0) is 42.8 Å². The third-order valence-corrected chi connectivity index (χ3v) is 9.67. The SMILES string of the molecule is Cc1cc(C2(CCCOCC(N[S+]([O-])C(C)(C)C)c3nc(Br)cn3COCC[Si](C)(C)C)OCCO2)no1. The number of nitrogens with zero attached hydrogens (tertiary/aromatic N) is 3. The lowest BCUT2D eigenvalue weighted by atomic mass is 10.1. The number of hydrogen-bond acceptors (Lipinski definition) is 9. The Labute approximate surface area is 239 Å². The lowest BCUT2D eigenvalue weighted by Gasteiger charge is -2.28.